The van der Waals surface area contributed by atoms with E-state index in [1.807, 2.05) is 43.6 Å². The molecule has 0 aliphatic carbocycles. The molecule has 0 radical (unpaired) electrons. The average molecular weight is 524 g/mol. The predicted octanol–water partition coefficient (Wildman–Crippen LogP) is 4.10. The number of hydrogen-bond donors (Lipinski definition) is 1. The molecule has 0 spiro atoms. The lowest BCUT2D eigenvalue weighted by molar-refractivity contribution is 0.0906. The minimum atomic E-state index is 0. The number of benzene rings is 1. The molecule has 0 bridgehead atoms. The number of hydrogen-bond acceptors (Lipinski definition) is 4. The Morgan fingerprint density at radius 1 is 1.20 bits per heavy atom. The van der Waals surface area contributed by atoms with Crippen LogP contribution in [0.4, 0.5) is 0 Å². The van der Waals surface area contributed by atoms with Crippen LogP contribution in [0.15, 0.2) is 53.7 Å². The van der Waals surface area contributed by atoms with E-state index in [1.165, 1.54) is 5.56 Å². The Labute approximate surface area is 197 Å². The number of ether oxygens (including phenoxy) is 2. The third kappa shape index (κ3) is 7.75. The van der Waals surface area contributed by atoms with Crippen LogP contribution in [-0.4, -0.2) is 49.2 Å². The van der Waals surface area contributed by atoms with Gasteiger partial charge >= 0.3 is 0 Å². The number of aliphatic imine (C=N–C) groups is 1. The Bertz CT molecular complexity index is 756. The van der Waals surface area contributed by atoms with Gasteiger partial charge in [-0.15, -0.1) is 24.0 Å². The van der Waals surface area contributed by atoms with Crippen LogP contribution in [0.3, 0.4) is 0 Å². The number of aromatic nitrogens is 1. The molecule has 1 aliphatic heterocycles. The van der Waals surface area contributed by atoms with Crippen molar-refractivity contribution < 1.29 is 9.47 Å². The molecule has 2 heterocycles. The van der Waals surface area contributed by atoms with E-state index in [-0.39, 0.29) is 24.0 Å². The van der Waals surface area contributed by atoms with Crippen molar-refractivity contribution in [3.63, 3.8) is 0 Å². The maximum Gasteiger partial charge on any atom is 0.213 e. The van der Waals surface area contributed by atoms with Gasteiger partial charge in [0, 0.05) is 44.9 Å². The number of pyridine rings is 1. The summed E-state index contributed by atoms with van der Waals surface area (Å²) in [6, 6.07) is 14.3. The minimum Gasteiger partial charge on any atom is -0.478 e. The van der Waals surface area contributed by atoms with E-state index < -0.39 is 0 Å². The molecule has 1 aromatic heterocycles. The summed E-state index contributed by atoms with van der Waals surface area (Å²) in [5, 5.41) is 3.45. The molecule has 1 aliphatic rings. The molecular formula is C23H33IN4O2. The Morgan fingerprint density at radius 2 is 2.03 bits per heavy atom. The van der Waals surface area contributed by atoms with Crippen molar-refractivity contribution in [2.45, 2.75) is 32.9 Å². The quantitative estimate of drug-likeness (QED) is 0.304. The molecule has 6 nitrogen and oxygen atoms in total. The van der Waals surface area contributed by atoms with Gasteiger partial charge in [0.05, 0.1) is 19.8 Å². The Balaban J connectivity index is 0.00000320. The highest BCUT2D eigenvalue weighted by atomic mass is 127. The first kappa shape index (κ1) is 24.4. The third-order valence-electron chi connectivity index (χ3n) is 4.96. The number of likely N-dealkylation sites (tertiary alicyclic amines) is 1. The molecule has 1 atom stereocenters. The monoisotopic (exact) mass is 524 g/mol. The number of halogens is 1. The minimum absolute atomic E-state index is 0. The van der Waals surface area contributed by atoms with Crippen LogP contribution in [0.5, 0.6) is 5.88 Å². The Kier molecular flexibility index (Phi) is 10.9. The first-order chi connectivity index (χ1) is 14.3. The fraction of sp³-hybridized carbons (Fsp3) is 0.478. The van der Waals surface area contributed by atoms with Gasteiger partial charge in [-0.05, 0) is 24.0 Å². The predicted molar refractivity (Wildman–Crippen MR) is 131 cm³/mol. The van der Waals surface area contributed by atoms with Gasteiger partial charge in [-0.2, -0.15) is 0 Å². The van der Waals surface area contributed by atoms with E-state index in [4.69, 9.17) is 9.47 Å². The average Bonchev–Trinajstić information content (AvgIpc) is 3.23. The maximum absolute atomic E-state index is 5.93. The molecule has 7 heteroatoms. The zero-order valence-corrected chi connectivity index (χ0v) is 20.2. The van der Waals surface area contributed by atoms with E-state index in [0.717, 1.165) is 44.1 Å². The van der Waals surface area contributed by atoms with E-state index in [1.54, 1.807) is 0 Å². The highest BCUT2D eigenvalue weighted by Gasteiger charge is 2.24. The van der Waals surface area contributed by atoms with Crippen LogP contribution in [0, 0.1) is 5.92 Å². The van der Waals surface area contributed by atoms with Crippen LogP contribution >= 0.6 is 24.0 Å². The van der Waals surface area contributed by atoms with Crippen LogP contribution in [-0.2, 0) is 17.9 Å². The molecule has 0 saturated carbocycles. The van der Waals surface area contributed by atoms with Crippen molar-refractivity contribution in [1.29, 1.82) is 0 Å². The Morgan fingerprint density at radius 3 is 2.73 bits per heavy atom. The van der Waals surface area contributed by atoms with Gasteiger partial charge in [0.15, 0.2) is 5.96 Å². The molecule has 1 N–H and O–H groups in total. The van der Waals surface area contributed by atoms with Gasteiger partial charge in [0.1, 0.15) is 0 Å². The maximum atomic E-state index is 5.93. The van der Waals surface area contributed by atoms with E-state index in [2.05, 4.69) is 39.2 Å². The van der Waals surface area contributed by atoms with Crippen molar-refractivity contribution in [2.24, 2.45) is 10.9 Å². The standard InChI is InChI=1S/C23H32N4O2.HI/c1-3-13-29-22-10-9-20(14-25-22)15-26-23(24-2)27-12-11-21(16-27)18-28-17-19-7-5-4-6-8-19;/h4-10,14,21H,3,11-13,15-18H2,1-2H3,(H,24,26);1H. The lowest BCUT2D eigenvalue weighted by Crippen LogP contribution is -2.39. The third-order valence-corrected chi connectivity index (χ3v) is 4.96. The van der Waals surface area contributed by atoms with Crippen LogP contribution in [0.25, 0.3) is 0 Å². The molecule has 0 amide bonds. The zero-order valence-electron chi connectivity index (χ0n) is 17.9. The van der Waals surface area contributed by atoms with Crippen LogP contribution in [0.2, 0.25) is 0 Å². The highest BCUT2D eigenvalue weighted by Crippen LogP contribution is 2.17. The topological polar surface area (TPSA) is 59.0 Å². The smallest absolute Gasteiger partial charge is 0.213 e. The molecule has 3 rings (SSSR count). The first-order valence-electron chi connectivity index (χ1n) is 10.4. The first-order valence-corrected chi connectivity index (χ1v) is 10.4. The number of nitrogens with zero attached hydrogens (tertiary/aromatic N) is 3. The summed E-state index contributed by atoms with van der Waals surface area (Å²) < 4.78 is 11.5. The van der Waals surface area contributed by atoms with Gasteiger partial charge in [0.2, 0.25) is 5.88 Å². The zero-order chi connectivity index (χ0) is 20.3. The van der Waals surface area contributed by atoms with Gasteiger partial charge in [-0.3, -0.25) is 4.99 Å². The van der Waals surface area contributed by atoms with Gasteiger partial charge in [-0.1, -0.05) is 43.3 Å². The molecular weight excluding hydrogens is 491 g/mol. The normalized spacial score (nSPS) is 16.3. The number of nitrogens with one attached hydrogen (secondary N) is 1. The van der Waals surface area contributed by atoms with Gasteiger partial charge in [0.25, 0.3) is 0 Å². The SMILES string of the molecule is CCCOc1ccc(CNC(=NC)N2CCC(COCc3ccccc3)C2)cn1.I. The summed E-state index contributed by atoms with van der Waals surface area (Å²) in [6.45, 7) is 6.91. The van der Waals surface area contributed by atoms with Crippen molar-refractivity contribution in [1.82, 2.24) is 15.2 Å². The summed E-state index contributed by atoms with van der Waals surface area (Å²) in [7, 11) is 1.83. The Hall–Kier alpha value is -1.87. The van der Waals surface area contributed by atoms with Gasteiger partial charge < -0.3 is 19.7 Å². The lowest BCUT2D eigenvalue weighted by atomic mass is 10.1. The van der Waals surface area contributed by atoms with Crippen molar-refractivity contribution in [3.05, 3.63) is 59.8 Å². The molecule has 30 heavy (non-hydrogen) atoms. The summed E-state index contributed by atoms with van der Waals surface area (Å²) in [6.07, 6.45) is 3.96. The van der Waals surface area contributed by atoms with Crippen molar-refractivity contribution in [2.75, 3.05) is 33.4 Å². The molecule has 1 saturated heterocycles. The fourth-order valence-electron chi connectivity index (χ4n) is 3.40. The van der Waals surface area contributed by atoms with E-state index in [9.17, 15) is 0 Å². The summed E-state index contributed by atoms with van der Waals surface area (Å²) >= 11 is 0. The summed E-state index contributed by atoms with van der Waals surface area (Å²) in [4.78, 5) is 11.1. The largest absolute Gasteiger partial charge is 0.478 e. The number of rotatable bonds is 9. The van der Waals surface area contributed by atoms with Crippen LogP contribution in [0.1, 0.15) is 30.9 Å². The van der Waals surface area contributed by atoms with E-state index >= 15 is 0 Å². The summed E-state index contributed by atoms with van der Waals surface area (Å²) in [5.41, 5.74) is 2.33. The fourth-order valence-corrected chi connectivity index (χ4v) is 3.40. The second kappa shape index (κ2) is 13.4. The second-order valence-corrected chi connectivity index (χ2v) is 7.36. The molecule has 1 aromatic carbocycles. The van der Waals surface area contributed by atoms with E-state index in [0.29, 0.717) is 31.6 Å². The second-order valence-electron chi connectivity index (χ2n) is 7.36. The molecule has 1 fully saturated rings. The van der Waals surface area contributed by atoms with Crippen molar-refractivity contribution in [3.8, 4) is 5.88 Å². The van der Waals surface area contributed by atoms with Gasteiger partial charge in [-0.25, -0.2) is 4.98 Å². The molecule has 164 valence electrons. The lowest BCUT2D eigenvalue weighted by Gasteiger charge is -2.21. The molecule has 1 unspecified atom stereocenters. The molecule has 2 aromatic rings. The number of guanidine groups is 1. The summed E-state index contributed by atoms with van der Waals surface area (Å²) in [5.74, 6) is 2.15. The van der Waals surface area contributed by atoms with Crippen LogP contribution < -0.4 is 10.1 Å². The van der Waals surface area contributed by atoms with Crippen molar-refractivity contribution >= 4 is 29.9 Å². The highest BCUT2D eigenvalue weighted by molar-refractivity contribution is 14.0.